The average Bonchev–Trinajstić information content (AvgIpc) is 2.82. The van der Waals surface area contributed by atoms with Crippen LogP contribution in [0.3, 0.4) is 0 Å². The van der Waals surface area contributed by atoms with Crippen molar-refractivity contribution < 1.29 is 53.2 Å². The van der Waals surface area contributed by atoms with E-state index in [2.05, 4.69) is 20.8 Å². The first kappa shape index (κ1) is 40.6. The van der Waals surface area contributed by atoms with Crippen LogP contribution in [0.15, 0.2) is 0 Å². The molecule has 0 atom stereocenters. The summed E-state index contributed by atoms with van der Waals surface area (Å²) >= 11 is 0. The molecule has 0 amide bonds. The van der Waals surface area contributed by atoms with E-state index >= 15 is 0 Å². The minimum atomic E-state index is -4.07. The molecule has 0 rings (SSSR count). The van der Waals surface area contributed by atoms with Gasteiger partial charge in [0.1, 0.15) is 0 Å². The second-order valence-corrected chi connectivity index (χ2v) is 11.0. The molecule has 0 fully saturated rings. The molecule has 7 heteroatoms. The van der Waals surface area contributed by atoms with Gasteiger partial charge >= 0.3 is 29.6 Å². The fraction of sp³-hybridized carbons (Fsp3) is 1.00. The maximum atomic E-state index is 11.6. The van der Waals surface area contributed by atoms with Gasteiger partial charge in [-0.1, -0.05) is 143 Å². The molecule has 1 N–H and O–H groups in total. The second-order valence-electron chi connectivity index (χ2n) is 9.55. The van der Waals surface area contributed by atoms with Crippen LogP contribution in [0.2, 0.25) is 0 Å². The molecule has 0 aromatic heterocycles. The predicted molar refractivity (Wildman–Crippen MR) is 145 cm³/mol. The largest absolute Gasteiger partial charge is 1.00 e. The normalized spacial score (nSPS) is 11.1. The van der Waals surface area contributed by atoms with E-state index in [1.54, 1.807) is 0 Å². The molecule has 0 bridgehead atoms. The van der Waals surface area contributed by atoms with E-state index in [0.29, 0.717) is 6.61 Å². The van der Waals surface area contributed by atoms with Crippen LogP contribution in [0.4, 0.5) is 0 Å². The van der Waals surface area contributed by atoms with Gasteiger partial charge in [0, 0.05) is 6.61 Å². The van der Waals surface area contributed by atoms with Crippen molar-refractivity contribution >= 4 is 7.82 Å². The summed E-state index contributed by atoms with van der Waals surface area (Å²) in [6.07, 6.45) is 26.4. The molecule has 0 aliphatic carbocycles. The van der Waals surface area contributed by atoms with Crippen molar-refractivity contribution in [2.24, 2.45) is 0 Å². The minimum Gasteiger partial charge on any atom is -0.756 e. The average molecular weight is 531 g/mol. The molecule has 0 radical (unpaired) electrons. The molecule has 0 heterocycles. The van der Waals surface area contributed by atoms with Crippen molar-refractivity contribution in [2.75, 3.05) is 19.8 Å². The van der Waals surface area contributed by atoms with Gasteiger partial charge < -0.3 is 19.0 Å². The Kier molecular flexibility index (Phi) is 40.6. The molecule has 0 aromatic carbocycles. The van der Waals surface area contributed by atoms with Gasteiger partial charge in [-0.05, 0) is 19.3 Å². The van der Waals surface area contributed by atoms with Crippen molar-refractivity contribution in [3.63, 3.8) is 0 Å². The van der Waals surface area contributed by atoms with Gasteiger partial charge in [0.05, 0.1) is 13.2 Å². The predicted octanol–water partition coefficient (Wildman–Crippen LogP) is 6.11. The fourth-order valence-electron chi connectivity index (χ4n) is 3.75. The van der Waals surface area contributed by atoms with Crippen molar-refractivity contribution in [1.82, 2.24) is 0 Å². The van der Waals surface area contributed by atoms with E-state index in [0.717, 1.165) is 44.9 Å². The first-order valence-electron chi connectivity index (χ1n) is 14.7. The van der Waals surface area contributed by atoms with Crippen molar-refractivity contribution in [2.45, 2.75) is 162 Å². The molecule has 0 aliphatic rings. The topological polar surface area (TPSA) is 78.8 Å². The summed E-state index contributed by atoms with van der Waals surface area (Å²) in [6.45, 7) is 7.52. The Hall–Kier alpha value is 1.07. The smallest absolute Gasteiger partial charge is 0.756 e. The van der Waals surface area contributed by atoms with E-state index in [9.17, 15) is 9.46 Å². The number of aliphatic hydroxyl groups excluding tert-OH is 1. The zero-order valence-corrected chi connectivity index (χ0v) is 27.1. The van der Waals surface area contributed by atoms with Crippen LogP contribution in [-0.2, 0) is 13.6 Å². The van der Waals surface area contributed by atoms with Crippen LogP contribution in [0.25, 0.3) is 0 Å². The van der Waals surface area contributed by atoms with Crippen LogP contribution in [0.1, 0.15) is 162 Å². The molecule has 5 nitrogen and oxygen atoms in total. The minimum absolute atomic E-state index is 0. The Morgan fingerprint density at radius 1 is 0.514 bits per heavy atom. The van der Waals surface area contributed by atoms with E-state index in [-0.39, 0.29) is 42.8 Å². The molecular formula is C28H60NaO5P. The summed E-state index contributed by atoms with van der Waals surface area (Å²) < 4.78 is 21.4. The summed E-state index contributed by atoms with van der Waals surface area (Å²) in [6, 6.07) is 0. The Morgan fingerprint density at radius 2 is 0.771 bits per heavy atom. The Balaban J connectivity index is -0.000000720. The number of phosphoric acid groups is 1. The van der Waals surface area contributed by atoms with Gasteiger partial charge in [0.2, 0.25) is 0 Å². The molecule has 0 spiro atoms. The van der Waals surface area contributed by atoms with Crippen molar-refractivity contribution in [3.8, 4) is 0 Å². The fourth-order valence-corrected chi connectivity index (χ4v) is 4.53. The van der Waals surface area contributed by atoms with Gasteiger partial charge in [-0.15, -0.1) is 0 Å². The SMILES string of the molecule is CCCCCCCCCCO.CCCCCCCCCOP(=O)([O-])OCCCCCCCCC.[Na+]. The van der Waals surface area contributed by atoms with Crippen LogP contribution in [0.5, 0.6) is 0 Å². The maximum absolute atomic E-state index is 11.6. The van der Waals surface area contributed by atoms with Gasteiger partial charge in [0.25, 0.3) is 7.82 Å². The standard InChI is InChI=1S/C18H39O4P.C10H22O.Na/c1-3-5-7-9-11-13-15-17-21-23(19,20)22-18-16-14-12-10-8-6-4-2;1-2-3-4-5-6-7-8-9-10-11;/h3-18H2,1-2H3,(H,19,20);11H,2-10H2,1H3;/q;;+1/p-1. The Morgan fingerprint density at radius 3 is 1.06 bits per heavy atom. The Labute approximate surface area is 241 Å². The summed E-state index contributed by atoms with van der Waals surface area (Å²) in [5.41, 5.74) is 0. The first-order chi connectivity index (χ1) is 16.5. The summed E-state index contributed by atoms with van der Waals surface area (Å²) in [4.78, 5) is 11.6. The van der Waals surface area contributed by atoms with Gasteiger partial charge in [0.15, 0.2) is 0 Å². The van der Waals surface area contributed by atoms with Crippen LogP contribution in [-0.4, -0.2) is 24.9 Å². The van der Waals surface area contributed by atoms with Crippen LogP contribution < -0.4 is 34.5 Å². The van der Waals surface area contributed by atoms with Crippen LogP contribution in [0, 0.1) is 0 Å². The number of rotatable bonds is 26. The third-order valence-electron chi connectivity index (χ3n) is 6.01. The summed E-state index contributed by atoms with van der Waals surface area (Å²) in [5, 5.41) is 8.51. The van der Waals surface area contributed by atoms with E-state index in [1.165, 1.54) is 96.3 Å². The van der Waals surface area contributed by atoms with Gasteiger partial charge in [-0.3, -0.25) is 4.57 Å². The monoisotopic (exact) mass is 530 g/mol. The molecule has 0 saturated carbocycles. The number of unbranched alkanes of at least 4 members (excludes halogenated alkanes) is 19. The maximum Gasteiger partial charge on any atom is 1.00 e. The zero-order valence-electron chi connectivity index (χ0n) is 24.2. The Bertz CT molecular complexity index is 381. The number of aliphatic hydroxyl groups is 1. The third kappa shape index (κ3) is 39.7. The molecule has 0 saturated heterocycles. The van der Waals surface area contributed by atoms with E-state index < -0.39 is 7.82 Å². The molecule has 0 aromatic rings. The molecule has 0 aliphatic heterocycles. The zero-order chi connectivity index (χ0) is 25.6. The first-order valence-corrected chi connectivity index (χ1v) is 16.2. The van der Waals surface area contributed by atoms with E-state index in [1.807, 2.05) is 0 Å². The third-order valence-corrected chi connectivity index (χ3v) is 7.00. The van der Waals surface area contributed by atoms with Gasteiger partial charge in [-0.25, -0.2) is 0 Å². The quantitative estimate of drug-likeness (QED) is 0.0829. The van der Waals surface area contributed by atoms with E-state index in [4.69, 9.17) is 14.2 Å². The van der Waals surface area contributed by atoms with Crippen molar-refractivity contribution in [1.29, 1.82) is 0 Å². The number of hydrogen-bond donors (Lipinski definition) is 1. The number of phosphoric ester groups is 1. The number of hydrogen-bond acceptors (Lipinski definition) is 5. The molecular weight excluding hydrogens is 470 g/mol. The van der Waals surface area contributed by atoms with Crippen molar-refractivity contribution in [3.05, 3.63) is 0 Å². The van der Waals surface area contributed by atoms with Crippen LogP contribution >= 0.6 is 7.82 Å². The summed E-state index contributed by atoms with van der Waals surface area (Å²) in [7, 11) is -4.07. The molecule has 0 unspecified atom stereocenters. The molecule has 35 heavy (non-hydrogen) atoms. The van der Waals surface area contributed by atoms with Gasteiger partial charge in [-0.2, -0.15) is 0 Å². The second kappa shape index (κ2) is 35.1. The molecule has 208 valence electrons. The summed E-state index contributed by atoms with van der Waals surface area (Å²) in [5.74, 6) is 0.